The Morgan fingerprint density at radius 1 is 1.08 bits per heavy atom. The topological polar surface area (TPSA) is 98.9 Å². The van der Waals surface area contributed by atoms with Crippen LogP contribution in [0.25, 0.3) is 21.8 Å². The van der Waals surface area contributed by atoms with E-state index in [1.54, 1.807) is 18.2 Å². The average Bonchev–Trinajstić information content (AvgIpc) is 2.95. The number of carbonyl (C=O) groups is 1. The molecule has 0 aliphatic carbocycles. The molecular weight excluding hydrogens is 330 g/mol. The number of fused-ring (bicyclic) bond motifs is 2. The van der Waals surface area contributed by atoms with E-state index in [1.165, 1.54) is 16.7 Å². The number of aromatic nitrogens is 2. The number of benzene rings is 3. The number of rotatable bonds is 3. The first-order valence-corrected chi connectivity index (χ1v) is 7.94. The van der Waals surface area contributed by atoms with Crippen LogP contribution >= 0.6 is 0 Å². The number of H-pyrrole nitrogens is 1. The van der Waals surface area contributed by atoms with E-state index in [9.17, 15) is 14.7 Å². The summed E-state index contributed by atoms with van der Waals surface area (Å²) in [5.41, 5.74) is 2.42. The maximum atomic E-state index is 12.3. The van der Waals surface area contributed by atoms with Crippen LogP contribution in [-0.2, 0) is 6.54 Å². The monoisotopic (exact) mass is 343 g/mol. The number of hydrogen-bond donors (Lipinski definition) is 2. The predicted molar refractivity (Wildman–Crippen MR) is 97.3 cm³/mol. The van der Waals surface area contributed by atoms with Crippen LogP contribution < -0.4 is 5.69 Å². The minimum absolute atomic E-state index is 0.127. The summed E-state index contributed by atoms with van der Waals surface area (Å²) in [5.74, 6) is -1.04. The van der Waals surface area contributed by atoms with E-state index >= 15 is 0 Å². The molecule has 0 aliphatic heterocycles. The fraction of sp³-hybridized carbons (Fsp3) is 0.0500. The highest BCUT2D eigenvalue weighted by Gasteiger charge is 2.11. The Kier molecular flexibility index (Phi) is 3.55. The van der Waals surface area contributed by atoms with Crippen molar-refractivity contribution in [1.82, 2.24) is 9.55 Å². The molecule has 0 fully saturated rings. The first-order chi connectivity index (χ1) is 12.5. The number of carboxylic acids is 1. The number of aromatic amines is 1. The molecule has 1 heterocycles. The first kappa shape index (κ1) is 15.7. The van der Waals surface area contributed by atoms with E-state index in [1.807, 2.05) is 24.3 Å². The fourth-order valence-corrected chi connectivity index (χ4v) is 3.09. The lowest BCUT2D eigenvalue weighted by atomic mass is 10.0. The molecule has 2 N–H and O–H groups in total. The zero-order valence-corrected chi connectivity index (χ0v) is 13.6. The van der Waals surface area contributed by atoms with Crippen molar-refractivity contribution in [2.75, 3.05) is 0 Å². The van der Waals surface area contributed by atoms with Crippen molar-refractivity contribution in [3.63, 3.8) is 0 Å². The van der Waals surface area contributed by atoms with Gasteiger partial charge in [0, 0.05) is 0 Å². The maximum Gasteiger partial charge on any atom is 0.335 e. The average molecular weight is 343 g/mol. The van der Waals surface area contributed by atoms with Gasteiger partial charge in [-0.15, -0.1) is 0 Å². The van der Waals surface area contributed by atoms with Crippen molar-refractivity contribution < 1.29 is 9.90 Å². The van der Waals surface area contributed by atoms with E-state index in [0.717, 1.165) is 16.3 Å². The zero-order valence-electron chi connectivity index (χ0n) is 13.6. The largest absolute Gasteiger partial charge is 0.478 e. The van der Waals surface area contributed by atoms with Crippen LogP contribution in [0.2, 0.25) is 0 Å². The van der Waals surface area contributed by atoms with Crippen molar-refractivity contribution in [3.05, 3.63) is 81.8 Å². The van der Waals surface area contributed by atoms with Crippen LogP contribution in [0.15, 0.2) is 59.4 Å². The van der Waals surface area contributed by atoms with Gasteiger partial charge in [0.05, 0.1) is 34.8 Å². The Morgan fingerprint density at radius 2 is 1.88 bits per heavy atom. The second-order valence-corrected chi connectivity index (χ2v) is 6.06. The highest BCUT2D eigenvalue weighted by molar-refractivity contribution is 5.92. The molecule has 6 heteroatoms. The first-order valence-electron chi connectivity index (χ1n) is 7.94. The smallest absolute Gasteiger partial charge is 0.335 e. The normalized spacial score (nSPS) is 10.9. The van der Waals surface area contributed by atoms with Gasteiger partial charge in [-0.2, -0.15) is 5.26 Å². The molecule has 26 heavy (non-hydrogen) atoms. The van der Waals surface area contributed by atoms with Gasteiger partial charge in [-0.3, -0.25) is 4.57 Å². The van der Waals surface area contributed by atoms with Crippen molar-refractivity contribution in [2.24, 2.45) is 0 Å². The molecule has 0 radical (unpaired) electrons. The Balaban J connectivity index is 1.81. The van der Waals surface area contributed by atoms with E-state index < -0.39 is 5.97 Å². The molecule has 4 aromatic rings. The van der Waals surface area contributed by atoms with Gasteiger partial charge < -0.3 is 10.1 Å². The molecule has 0 unspecified atom stereocenters. The number of hydrogen-bond acceptors (Lipinski definition) is 3. The van der Waals surface area contributed by atoms with Crippen LogP contribution in [0, 0.1) is 11.3 Å². The summed E-state index contributed by atoms with van der Waals surface area (Å²) >= 11 is 0. The molecule has 0 bridgehead atoms. The molecule has 4 rings (SSSR count). The van der Waals surface area contributed by atoms with E-state index in [-0.39, 0.29) is 11.3 Å². The van der Waals surface area contributed by atoms with E-state index in [0.29, 0.717) is 23.1 Å². The second kappa shape index (κ2) is 5.90. The SMILES string of the molecule is N#Cc1ccc2ccc(Cn3c(=O)[nH]c4ccc(C(=O)O)cc43)cc2c1. The molecule has 6 nitrogen and oxygen atoms in total. The third kappa shape index (κ3) is 2.62. The van der Waals surface area contributed by atoms with Gasteiger partial charge in [-0.1, -0.05) is 18.2 Å². The molecule has 0 aliphatic rings. The third-order valence-corrected chi connectivity index (χ3v) is 4.40. The van der Waals surface area contributed by atoms with Gasteiger partial charge >= 0.3 is 11.7 Å². The number of nitrogens with zero attached hydrogens (tertiary/aromatic N) is 2. The highest BCUT2D eigenvalue weighted by atomic mass is 16.4. The van der Waals surface area contributed by atoms with Crippen molar-refractivity contribution in [3.8, 4) is 6.07 Å². The Hall–Kier alpha value is -3.85. The number of nitriles is 1. The quantitative estimate of drug-likeness (QED) is 0.597. The van der Waals surface area contributed by atoms with Gasteiger partial charge in [0.1, 0.15) is 0 Å². The lowest BCUT2D eigenvalue weighted by Crippen LogP contribution is -2.17. The van der Waals surface area contributed by atoms with E-state index in [2.05, 4.69) is 11.1 Å². The van der Waals surface area contributed by atoms with Crippen molar-refractivity contribution in [1.29, 1.82) is 5.26 Å². The molecule has 0 spiro atoms. The molecule has 126 valence electrons. The zero-order chi connectivity index (χ0) is 18.3. The maximum absolute atomic E-state index is 12.3. The van der Waals surface area contributed by atoms with Gasteiger partial charge in [-0.05, 0) is 52.7 Å². The number of carboxylic acid groups (broad SMARTS) is 1. The van der Waals surface area contributed by atoms with Crippen LogP contribution in [-0.4, -0.2) is 20.6 Å². The van der Waals surface area contributed by atoms with Crippen LogP contribution in [0.5, 0.6) is 0 Å². The van der Waals surface area contributed by atoms with Crippen molar-refractivity contribution in [2.45, 2.75) is 6.54 Å². The van der Waals surface area contributed by atoms with Crippen LogP contribution in [0.3, 0.4) is 0 Å². The molecule has 0 amide bonds. The van der Waals surface area contributed by atoms with Crippen LogP contribution in [0.4, 0.5) is 0 Å². The minimum Gasteiger partial charge on any atom is -0.478 e. The van der Waals surface area contributed by atoms with Gasteiger partial charge in [0.15, 0.2) is 0 Å². The molecule has 0 atom stereocenters. The highest BCUT2D eigenvalue weighted by Crippen LogP contribution is 2.20. The molecular formula is C20H13N3O3. The summed E-state index contributed by atoms with van der Waals surface area (Å²) in [4.78, 5) is 26.2. The van der Waals surface area contributed by atoms with Gasteiger partial charge in [-0.25, -0.2) is 9.59 Å². The van der Waals surface area contributed by atoms with Gasteiger partial charge in [0.2, 0.25) is 0 Å². The Bertz CT molecular complexity index is 1280. The Labute approximate surface area is 147 Å². The summed E-state index contributed by atoms with van der Waals surface area (Å²) < 4.78 is 1.51. The molecule has 1 aromatic heterocycles. The summed E-state index contributed by atoms with van der Waals surface area (Å²) in [6, 6.07) is 17.9. The standard InChI is InChI=1S/C20H13N3O3/c21-10-12-1-3-14-4-2-13(8-16(14)7-12)11-23-18-9-15(19(24)25)5-6-17(18)22-20(23)26/h1-9H,11H2,(H,22,26)(H,24,25). The number of aromatic carboxylic acids is 1. The lowest BCUT2D eigenvalue weighted by Gasteiger charge is -2.06. The van der Waals surface area contributed by atoms with Gasteiger partial charge in [0.25, 0.3) is 0 Å². The summed E-state index contributed by atoms with van der Waals surface area (Å²) in [6.45, 7) is 0.300. The van der Waals surface area contributed by atoms with Crippen molar-refractivity contribution >= 4 is 27.8 Å². The van der Waals surface area contributed by atoms with E-state index in [4.69, 9.17) is 5.26 Å². The number of nitrogens with one attached hydrogen (secondary N) is 1. The molecule has 0 saturated carbocycles. The third-order valence-electron chi connectivity index (χ3n) is 4.40. The Morgan fingerprint density at radius 3 is 2.65 bits per heavy atom. The number of imidazole rings is 1. The molecule has 3 aromatic carbocycles. The fourth-order valence-electron chi connectivity index (χ4n) is 3.09. The lowest BCUT2D eigenvalue weighted by molar-refractivity contribution is 0.0697. The second-order valence-electron chi connectivity index (χ2n) is 6.06. The van der Waals surface area contributed by atoms with Crippen LogP contribution in [0.1, 0.15) is 21.5 Å². The summed E-state index contributed by atoms with van der Waals surface area (Å²) in [7, 11) is 0. The predicted octanol–water partition coefficient (Wildman–Crippen LogP) is 3.10. The summed E-state index contributed by atoms with van der Waals surface area (Å²) in [6.07, 6.45) is 0. The summed E-state index contributed by atoms with van der Waals surface area (Å²) in [5, 5.41) is 20.2. The minimum atomic E-state index is -1.04. The molecule has 0 saturated heterocycles.